The van der Waals surface area contributed by atoms with E-state index in [9.17, 15) is 17.6 Å². The molecule has 1 saturated heterocycles. The van der Waals surface area contributed by atoms with Gasteiger partial charge in [-0.05, 0) is 40.5 Å². The van der Waals surface area contributed by atoms with Crippen LogP contribution in [0.25, 0.3) is 0 Å². The summed E-state index contributed by atoms with van der Waals surface area (Å²) >= 11 is 3.06. The molecule has 0 saturated carbocycles. The standard InChI is InChI=1S/C12H14BrFN2O3S/c1-2-10-12(17)15-5-6-16(10)20(18,19)11-4-3-8(14)7-9(11)13/h3-4,7,10H,2,5-6H2,1H3,(H,15,17). The molecular weight excluding hydrogens is 351 g/mol. The smallest absolute Gasteiger partial charge is 0.244 e. The van der Waals surface area contributed by atoms with E-state index in [0.717, 1.165) is 12.1 Å². The first-order valence-corrected chi connectivity index (χ1v) is 8.36. The highest BCUT2D eigenvalue weighted by atomic mass is 79.9. The lowest BCUT2D eigenvalue weighted by Gasteiger charge is -2.33. The van der Waals surface area contributed by atoms with Crippen LogP contribution in [0.15, 0.2) is 27.6 Å². The molecule has 0 aliphatic carbocycles. The maximum atomic E-state index is 13.1. The van der Waals surface area contributed by atoms with Crippen LogP contribution < -0.4 is 5.32 Å². The zero-order chi connectivity index (χ0) is 14.9. The third-order valence-corrected chi connectivity index (χ3v) is 6.03. The summed E-state index contributed by atoms with van der Waals surface area (Å²) in [6.07, 6.45) is 0.379. The van der Waals surface area contributed by atoms with Crippen molar-refractivity contribution in [3.63, 3.8) is 0 Å². The van der Waals surface area contributed by atoms with Crippen LogP contribution in [0.2, 0.25) is 0 Å². The minimum Gasteiger partial charge on any atom is -0.353 e. The molecular formula is C12H14BrFN2O3S. The number of benzene rings is 1. The Bertz CT molecular complexity index is 636. The Morgan fingerprint density at radius 3 is 2.80 bits per heavy atom. The van der Waals surface area contributed by atoms with E-state index in [-0.39, 0.29) is 28.4 Å². The second-order valence-corrected chi connectivity index (χ2v) is 7.12. The fourth-order valence-corrected chi connectivity index (χ4v) is 4.86. The molecule has 1 aliphatic heterocycles. The predicted octanol–water partition coefficient (Wildman–Crippen LogP) is 1.49. The van der Waals surface area contributed by atoms with Gasteiger partial charge in [0.2, 0.25) is 15.9 Å². The van der Waals surface area contributed by atoms with Crippen LogP contribution in [0.3, 0.4) is 0 Å². The van der Waals surface area contributed by atoms with Crippen LogP contribution in [-0.4, -0.2) is 37.8 Å². The van der Waals surface area contributed by atoms with Crippen molar-refractivity contribution in [3.8, 4) is 0 Å². The third-order valence-electron chi connectivity index (χ3n) is 3.15. The molecule has 1 fully saturated rings. The number of piperazine rings is 1. The van der Waals surface area contributed by atoms with Crippen molar-refractivity contribution < 1.29 is 17.6 Å². The van der Waals surface area contributed by atoms with E-state index in [2.05, 4.69) is 21.2 Å². The van der Waals surface area contributed by atoms with Crippen LogP contribution in [0.1, 0.15) is 13.3 Å². The molecule has 1 aliphatic rings. The van der Waals surface area contributed by atoms with E-state index < -0.39 is 21.9 Å². The Hall–Kier alpha value is -0.990. The Kier molecular flexibility index (Phi) is 4.46. The lowest BCUT2D eigenvalue weighted by molar-refractivity contribution is -0.126. The molecule has 1 N–H and O–H groups in total. The average molecular weight is 365 g/mol. The van der Waals surface area contributed by atoms with Crippen LogP contribution in [-0.2, 0) is 14.8 Å². The molecule has 0 spiro atoms. The Morgan fingerprint density at radius 2 is 2.20 bits per heavy atom. The Balaban J connectivity index is 2.45. The quantitative estimate of drug-likeness (QED) is 0.883. The van der Waals surface area contributed by atoms with Crippen LogP contribution in [0.5, 0.6) is 0 Å². The zero-order valence-electron chi connectivity index (χ0n) is 10.8. The predicted molar refractivity (Wildman–Crippen MR) is 75.1 cm³/mol. The highest BCUT2D eigenvalue weighted by Gasteiger charge is 2.38. The van der Waals surface area contributed by atoms with Crippen molar-refractivity contribution in [2.24, 2.45) is 0 Å². The number of hydrogen-bond acceptors (Lipinski definition) is 3. The van der Waals surface area contributed by atoms with Gasteiger partial charge < -0.3 is 5.32 Å². The van der Waals surface area contributed by atoms with Gasteiger partial charge in [-0.25, -0.2) is 12.8 Å². The van der Waals surface area contributed by atoms with Gasteiger partial charge in [0.15, 0.2) is 0 Å². The first-order valence-electron chi connectivity index (χ1n) is 6.12. The van der Waals surface area contributed by atoms with E-state index >= 15 is 0 Å². The zero-order valence-corrected chi connectivity index (χ0v) is 13.2. The summed E-state index contributed by atoms with van der Waals surface area (Å²) < 4.78 is 39.7. The van der Waals surface area contributed by atoms with Crippen molar-refractivity contribution in [1.29, 1.82) is 0 Å². The molecule has 0 bridgehead atoms. The molecule has 1 aromatic rings. The van der Waals surface area contributed by atoms with Crippen LogP contribution >= 0.6 is 15.9 Å². The van der Waals surface area contributed by atoms with Gasteiger partial charge in [0, 0.05) is 17.6 Å². The molecule has 1 atom stereocenters. The summed E-state index contributed by atoms with van der Waals surface area (Å²) in [6.45, 7) is 2.22. The lowest BCUT2D eigenvalue weighted by atomic mass is 10.2. The SMILES string of the molecule is CCC1C(=O)NCCN1S(=O)(=O)c1ccc(F)cc1Br. The first kappa shape index (κ1) is 15.4. The third kappa shape index (κ3) is 2.72. The van der Waals surface area contributed by atoms with Gasteiger partial charge >= 0.3 is 0 Å². The van der Waals surface area contributed by atoms with Gasteiger partial charge in [-0.1, -0.05) is 6.92 Å². The highest BCUT2D eigenvalue weighted by Crippen LogP contribution is 2.28. The number of nitrogens with zero attached hydrogens (tertiary/aromatic N) is 1. The molecule has 8 heteroatoms. The van der Waals surface area contributed by atoms with Crippen molar-refractivity contribution in [2.45, 2.75) is 24.3 Å². The van der Waals surface area contributed by atoms with Gasteiger partial charge in [0.25, 0.3) is 0 Å². The molecule has 1 heterocycles. The minimum atomic E-state index is -3.84. The minimum absolute atomic E-state index is 0.0351. The van der Waals surface area contributed by atoms with E-state index in [4.69, 9.17) is 0 Å². The fraction of sp³-hybridized carbons (Fsp3) is 0.417. The monoisotopic (exact) mass is 364 g/mol. The number of sulfonamides is 1. The summed E-state index contributed by atoms with van der Waals surface area (Å²) in [4.78, 5) is 11.7. The van der Waals surface area contributed by atoms with E-state index in [1.165, 1.54) is 10.4 Å². The summed E-state index contributed by atoms with van der Waals surface area (Å²) in [5.74, 6) is -0.834. The molecule has 0 radical (unpaired) electrons. The van der Waals surface area contributed by atoms with Gasteiger partial charge in [-0.15, -0.1) is 0 Å². The van der Waals surface area contributed by atoms with Crippen LogP contribution in [0.4, 0.5) is 4.39 Å². The topological polar surface area (TPSA) is 66.5 Å². The second-order valence-electron chi connectivity index (χ2n) is 4.41. The van der Waals surface area contributed by atoms with E-state index in [1.807, 2.05) is 0 Å². The highest BCUT2D eigenvalue weighted by molar-refractivity contribution is 9.10. The summed E-state index contributed by atoms with van der Waals surface area (Å²) in [6, 6.07) is 2.65. The molecule has 1 unspecified atom stereocenters. The Morgan fingerprint density at radius 1 is 1.50 bits per heavy atom. The molecule has 5 nitrogen and oxygen atoms in total. The second kappa shape index (κ2) is 5.79. The van der Waals surface area contributed by atoms with Crippen molar-refractivity contribution >= 4 is 31.9 Å². The van der Waals surface area contributed by atoms with Crippen molar-refractivity contribution in [1.82, 2.24) is 9.62 Å². The maximum absolute atomic E-state index is 13.1. The van der Waals surface area contributed by atoms with Gasteiger partial charge in [-0.3, -0.25) is 4.79 Å². The maximum Gasteiger partial charge on any atom is 0.244 e. The molecule has 1 aromatic carbocycles. The van der Waals surface area contributed by atoms with Gasteiger partial charge in [-0.2, -0.15) is 4.31 Å². The van der Waals surface area contributed by atoms with Crippen LogP contribution in [0, 0.1) is 5.82 Å². The fourth-order valence-electron chi connectivity index (χ4n) is 2.18. The number of amides is 1. The summed E-state index contributed by atoms with van der Waals surface area (Å²) in [5, 5.41) is 2.64. The summed E-state index contributed by atoms with van der Waals surface area (Å²) in [7, 11) is -3.84. The molecule has 2 rings (SSSR count). The van der Waals surface area contributed by atoms with E-state index in [0.29, 0.717) is 6.42 Å². The number of halogens is 2. The van der Waals surface area contributed by atoms with Gasteiger partial charge in [0.1, 0.15) is 11.9 Å². The average Bonchev–Trinajstić information content (AvgIpc) is 2.37. The largest absolute Gasteiger partial charge is 0.353 e. The molecule has 0 aromatic heterocycles. The van der Waals surface area contributed by atoms with Gasteiger partial charge in [0.05, 0.1) is 4.90 Å². The van der Waals surface area contributed by atoms with Crippen molar-refractivity contribution in [3.05, 3.63) is 28.5 Å². The summed E-state index contributed by atoms with van der Waals surface area (Å²) in [5.41, 5.74) is 0. The number of hydrogen-bond donors (Lipinski definition) is 1. The molecule has 20 heavy (non-hydrogen) atoms. The normalized spacial score (nSPS) is 20.8. The first-order chi connectivity index (χ1) is 9.37. The number of carbonyl (C=O) groups is 1. The van der Waals surface area contributed by atoms with E-state index in [1.54, 1.807) is 6.92 Å². The number of carbonyl (C=O) groups excluding carboxylic acids is 1. The Labute approximate surface area is 125 Å². The molecule has 1 amide bonds. The number of rotatable bonds is 3. The lowest BCUT2D eigenvalue weighted by Crippen LogP contribution is -2.56. The number of nitrogens with one attached hydrogen (secondary N) is 1. The molecule has 110 valence electrons. The van der Waals surface area contributed by atoms with Crippen molar-refractivity contribution in [2.75, 3.05) is 13.1 Å².